The number of thiazole rings is 1. The first-order chi connectivity index (χ1) is 17.5. The summed E-state index contributed by atoms with van der Waals surface area (Å²) < 4.78 is 5.78. The Labute approximate surface area is 211 Å². The average molecular weight is 496 g/mol. The van der Waals surface area contributed by atoms with Crippen molar-refractivity contribution in [3.05, 3.63) is 95.4 Å². The van der Waals surface area contributed by atoms with Crippen molar-refractivity contribution in [1.29, 1.82) is 0 Å². The van der Waals surface area contributed by atoms with Crippen LogP contribution in [-0.2, 0) is 11.3 Å². The lowest BCUT2D eigenvalue weighted by molar-refractivity contribution is -0.119. The van der Waals surface area contributed by atoms with Gasteiger partial charge < -0.3 is 9.73 Å². The van der Waals surface area contributed by atoms with Crippen LogP contribution in [0.15, 0.2) is 88.7 Å². The number of amides is 2. The van der Waals surface area contributed by atoms with Crippen LogP contribution in [-0.4, -0.2) is 27.0 Å². The molecule has 0 aliphatic rings. The lowest BCUT2D eigenvalue weighted by atomic mass is 10.1. The van der Waals surface area contributed by atoms with Gasteiger partial charge >= 0.3 is 0 Å². The Balaban J connectivity index is 1.22. The van der Waals surface area contributed by atoms with E-state index in [1.165, 1.54) is 18.3 Å². The lowest BCUT2D eigenvalue weighted by Crippen LogP contribution is -2.18. The molecule has 0 aliphatic carbocycles. The summed E-state index contributed by atoms with van der Waals surface area (Å²) in [6.45, 7) is 1.97. The molecule has 0 saturated carbocycles. The van der Waals surface area contributed by atoms with E-state index in [4.69, 9.17) is 4.42 Å². The van der Waals surface area contributed by atoms with Gasteiger partial charge in [0, 0.05) is 41.1 Å². The van der Waals surface area contributed by atoms with Gasteiger partial charge in [0.2, 0.25) is 17.7 Å². The fourth-order valence-corrected chi connectivity index (χ4v) is 4.17. The Morgan fingerprint density at radius 1 is 0.833 bits per heavy atom. The molecular formula is C27H21N5O3S. The second kappa shape index (κ2) is 10.3. The molecule has 0 radical (unpaired) electrons. The van der Waals surface area contributed by atoms with Crippen molar-refractivity contribution in [2.45, 2.75) is 13.5 Å². The minimum Gasteiger partial charge on any atom is -0.416 e. The van der Waals surface area contributed by atoms with Gasteiger partial charge in [-0.25, -0.2) is 4.98 Å². The normalized spacial score (nSPS) is 10.7. The van der Waals surface area contributed by atoms with Gasteiger partial charge in [0.1, 0.15) is 0 Å². The van der Waals surface area contributed by atoms with E-state index < -0.39 is 0 Å². The van der Waals surface area contributed by atoms with Gasteiger partial charge in [-0.05, 0) is 42.0 Å². The maximum atomic E-state index is 12.7. The van der Waals surface area contributed by atoms with Crippen LogP contribution in [0.25, 0.3) is 34.2 Å². The van der Waals surface area contributed by atoms with Crippen molar-refractivity contribution >= 4 is 28.3 Å². The SMILES string of the molecule is CC(=O)NCc1ccc(-c2csc(NC(=O)c3ccc(-c4nnc(-c5ccccc5)o4)cc3)n2)cc1. The van der Waals surface area contributed by atoms with Gasteiger partial charge in [-0.2, -0.15) is 0 Å². The molecule has 178 valence electrons. The highest BCUT2D eigenvalue weighted by molar-refractivity contribution is 7.14. The maximum absolute atomic E-state index is 12.7. The Morgan fingerprint density at radius 2 is 1.47 bits per heavy atom. The van der Waals surface area contributed by atoms with Crippen LogP contribution in [0.5, 0.6) is 0 Å². The molecule has 0 spiro atoms. The van der Waals surface area contributed by atoms with E-state index in [9.17, 15) is 9.59 Å². The van der Waals surface area contributed by atoms with Crippen LogP contribution in [0.3, 0.4) is 0 Å². The fourth-order valence-electron chi connectivity index (χ4n) is 3.45. The summed E-state index contributed by atoms with van der Waals surface area (Å²) in [6, 6.07) is 24.3. The van der Waals surface area contributed by atoms with Crippen molar-refractivity contribution in [1.82, 2.24) is 20.5 Å². The standard InChI is InChI=1S/C27H21N5O3S/c1-17(33)28-15-18-7-9-19(10-8-18)23-16-36-27(29-23)30-24(34)20-11-13-22(14-12-20)26-32-31-25(35-26)21-5-3-2-4-6-21/h2-14,16H,15H2,1H3,(H,28,33)(H,29,30,34). The summed E-state index contributed by atoms with van der Waals surface area (Å²) in [4.78, 5) is 28.3. The molecular weight excluding hydrogens is 474 g/mol. The van der Waals surface area contributed by atoms with E-state index >= 15 is 0 Å². The third kappa shape index (κ3) is 5.37. The van der Waals surface area contributed by atoms with Crippen LogP contribution in [0.4, 0.5) is 5.13 Å². The highest BCUT2D eigenvalue weighted by Crippen LogP contribution is 2.27. The number of aromatic nitrogens is 3. The third-order valence-electron chi connectivity index (χ3n) is 5.36. The molecule has 8 nitrogen and oxygen atoms in total. The van der Waals surface area contributed by atoms with Gasteiger partial charge in [-0.3, -0.25) is 14.9 Å². The number of nitrogens with zero attached hydrogens (tertiary/aromatic N) is 3. The van der Waals surface area contributed by atoms with Crippen LogP contribution in [0, 0.1) is 0 Å². The van der Waals surface area contributed by atoms with E-state index in [-0.39, 0.29) is 11.8 Å². The summed E-state index contributed by atoms with van der Waals surface area (Å²) >= 11 is 1.35. The van der Waals surface area contributed by atoms with Crippen molar-refractivity contribution in [2.24, 2.45) is 0 Å². The van der Waals surface area contributed by atoms with Crippen LogP contribution >= 0.6 is 11.3 Å². The summed E-state index contributed by atoms with van der Waals surface area (Å²) in [5, 5.41) is 16.2. The predicted molar refractivity (Wildman–Crippen MR) is 138 cm³/mol. The number of hydrogen-bond acceptors (Lipinski definition) is 7. The summed E-state index contributed by atoms with van der Waals surface area (Å²) in [5.74, 6) is 0.492. The van der Waals surface area contributed by atoms with E-state index in [1.54, 1.807) is 24.3 Å². The molecule has 9 heteroatoms. The molecule has 0 aliphatic heterocycles. The van der Waals surface area contributed by atoms with Gasteiger partial charge in [0.15, 0.2) is 5.13 Å². The third-order valence-corrected chi connectivity index (χ3v) is 6.11. The average Bonchev–Trinajstić information content (AvgIpc) is 3.59. The quantitative estimate of drug-likeness (QED) is 0.312. The molecule has 5 aromatic rings. The van der Waals surface area contributed by atoms with Crippen molar-refractivity contribution < 1.29 is 14.0 Å². The zero-order valence-electron chi connectivity index (χ0n) is 19.3. The Hall–Kier alpha value is -4.63. The van der Waals surface area contributed by atoms with Crippen molar-refractivity contribution in [3.63, 3.8) is 0 Å². The number of anilines is 1. The summed E-state index contributed by atoms with van der Waals surface area (Å²) in [6.07, 6.45) is 0. The van der Waals surface area contributed by atoms with E-state index in [1.807, 2.05) is 60.0 Å². The van der Waals surface area contributed by atoms with E-state index in [2.05, 4.69) is 25.8 Å². The van der Waals surface area contributed by atoms with Gasteiger partial charge in [-0.15, -0.1) is 21.5 Å². The topological polar surface area (TPSA) is 110 Å². The van der Waals surface area contributed by atoms with Crippen LogP contribution < -0.4 is 10.6 Å². The lowest BCUT2D eigenvalue weighted by Gasteiger charge is -2.04. The van der Waals surface area contributed by atoms with E-state index in [0.29, 0.717) is 29.0 Å². The van der Waals surface area contributed by atoms with Crippen LogP contribution in [0.2, 0.25) is 0 Å². The minimum absolute atomic E-state index is 0.0690. The summed E-state index contributed by atoms with van der Waals surface area (Å²) in [5.41, 5.74) is 4.74. The molecule has 0 atom stereocenters. The van der Waals surface area contributed by atoms with Crippen molar-refractivity contribution in [3.8, 4) is 34.2 Å². The first kappa shape index (κ1) is 23.1. The second-order valence-corrected chi connectivity index (χ2v) is 8.81. The number of benzene rings is 3. The monoisotopic (exact) mass is 495 g/mol. The number of hydrogen-bond donors (Lipinski definition) is 2. The molecule has 5 rings (SSSR count). The first-order valence-corrected chi connectivity index (χ1v) is 12.0. The molecule has 3 aromatic carbocycles. The first-order valence-electron chi connectivity index (χ1n) is 11.1. The zero-order valence-corrected chi connectivity index (χ0v) is 20.1. The van der Waals surface area contributed by atoms with Gasteiger partial charge in [0.05, 0.1) is 5.69 Å². The van der Waals surface area contributed by atoms with Gasteiger partial charge in [0.25, 0.3) is 5.91 Å². The van der Waals surface area contributed by atoms with Gasteiger partial charge in [-0.1, -0.05) is 42.5 Å². The molecule has 0 bridgehead atoms. The largest absolute Gasteiger partial charge is 0.416 e. The number of rotatable bonds is 7. The molecule has 2 heterocycles. The smallest absolute Gasteiger partial charge is 0.257 e. The number of nitrogens with one attached hydrogen (secondary N) is 2. The Morgan fingerprint density at radius 3 is 2.14 bits per heavy atom. The molecule has 36 heavy (non-hydrogen) atoms. The second-order valence-electron chi connectivity index (χ2n) is 7.95. The molecule has 0 saturated heterocycles. The summed E-state index contributed by atoms with van der Waals surface area (Å²) in [7, 11) is 0. The highest BCUT2D eigenvalue weighted by atomic mass is 32.1. The molecule has 2 aromatic heterocycles. The number of carbonyl (C=O) groups excluding carboxylic acids is 2. The molecule has 0 fully saturated rings. The molecule has 0 unspecified atom stereocenters. The maximum Gasteiger partial charge on any atom is 0.257 e. The zero-order chi connectivity index (χ0) is 24.9. The molecule has 2 amide bonds. The number of carbonyl (C=O) groups is 2. The predicted octanol–water partition coefficient (Wildman–Crippen LogP) is 5.42. The minimum atomic E-state index is -0.261. The molecule has 2 N–H and O–H groups in total. The Kier molecular flexibility index (Phi) is 6.63. The van der Waals surface area contributed by atoms with Crippen LogP contribution in [0.1, 0.15) is 22.8 Å². The fraction of sp³-hybridized carbons (Fsp3) is 0.0741. The Bertz CT molecular complexity index is 1490. The van der Waals surface area contributed by atoms with E-state index in [0.717, 1.165) is 27.9 Å². The highest BCUT2D eigenvalue weighted by Gasteiger charge is 2.13. The van der Waals surface area contributed by atoms with Crippen molar-refractivity contribution in [2.75, 3.05) is 5.32 Å².